The van der Waals surface area contributed by atoms with E-state index in [0.29, 0.717) is 25.4 Å². The van der Waals surface area contributed by atoms with Crippen molar-refractivity contribution in [3.63, 3.8) is 0 Å². The van der Waals surface area contributed by atoms with Gasteiger partial charge in [0.05, 0.1) is 12.2 Å². The summed E-state index contributed by atoms with van der Waals surface area (Å²) in [6, 6.07) is 6.04. The molecule has 0 spiro atoms. The molecule has 2 aromatic rings. The maximum Gasteiger partial charge on any atom is 0.240 e. The highest BCUT2D eigenvalue weighted by Gasteiger charge is 2.24. The van der Waals surface area contributed by atoms with Crippen LogP contribution in [0.2, 0.25) is 0 Å². The van der Waals surface area contributed by atoms with E-state index in [1.807, 2.05) is 18.2 Å². The summed E-state index contributed by atoms with van der Waals surface area (Å²) in [6.07, 6.45) is 5.07. The van der Waals surface area contributed by atoms with Crippen LogP contribution in [0.3, 0.4) is 0 Å². The number of rotatable bonds is 8. The Morgan fingerprint density at radius 2 is 2.29 bits per heavy atom. The number of hydrogen-bond donors (Lipinski definition) is 1. The molecule has 0 bridgehead atoms. The molecule has 0 aliphatic carbocycles. The highest BCUT2D eigenvalue weighted by Crippen LogP contribution is 2.13. The van der Waals surface area contributed by atoms with Crippen LogP contribution in [0.1, 0.15) is 43.6 Å². The maximum atomic E-state index is 11.4. The van der Waals surface area contributed by atoms with Crippen molar-refractivity contribution in [2.75, 3.05) is 6.54 Å². The molecule has 1 N–H and O–H groups in total. The van der Waals surface area contributed by atoms with E-state index < -0.39 is 0 Å². The largest absolute Gasteiger partial charge is 0.352 e. The van der Waals surface area contributed by atoms with Crippen LogP contribution in [0.4, 0.5) is 0 Å². The van der Waals surface area contributed by atoms with Crippen LogP contribution >= 0.6 is 0 Å². The smallest absolute Gasteiger partial charge is 0.240 e. The van der Waals surface area contributed by atoms with Gasteiger partial charge in [0.1, 0.15) is 0 Å². The van der Waals surface area contributed by atoms with Crippen LogP contribution < -0.4 is 5.32 Å². The number of carbonyl (C=O) groups excluding carboxylic acids is 1. The number of carbonyl (C=O) groups is 1. The molecule has 2 aromatic heterocycles. The van der Waals surface area contributed by atoms with Crippen molar-refractivity contribution in [3.8, 4) is 0 Å². The topological polar surface area (TPSA) is 84.2 Å². The fraction of sp³-hybridized carbons (Fsp3) is 0.529. The molecule has 128 valence electrons. The van der Waals surface area contributed by atoms with Gasteiger partial charge in [0.15, 0.2) is 5.82 Å². The number of hydrogen-bond acceptors (Lipinski definition) is 6. The van der Waals surface area contributed by atoms with Crippen LogP contribution in [0.5, 0.6) is 0 Å². The molecule has 1 fully saturated rings. The lowest BCUT2D eigenvalue weighted by molar-refractivity contribution is -0.119. The van der Waals surface area contributed by atoms with Gasteiger partial charge >= 0.3 is 0 Å². The molecule has 24 heavy (non-hydrogen) atoms. The third kappa shape index (κ3) is 4.61. The van der Waals surface area contributed by atoms with E-state index in [4.69, 9.17) is 4.52 Å². The van der Waals surface area contributed by atoms with E-state index in [1.165, 1.54) is 0 Å². The number of nitrogens with zero attached hydrogens (tertiary/aromatic N) is 4. The summed E-state index contributed by atoms with van der Waals surface area (Å²) in [6.45, 7) is 4.07. The van der Waals surface area contributed by atoms with Crippen LogP contribution in [0, 0.1) is 0 Å². The fourth-order valence-corrected chi connectivity index (χ4v) is 2.90. The van der Waals surface area contributed by atoms with Crippen LogP contribution in [-0.4, -0.2) is 38.5 Å². The van der Waals surface area contributed by atoms with Crippen LogP contribution in [-0.2, 0) is 24.3 Å². The molecule has 1 aliphatic rings. The van der Waals surface area contributed by atoms with Gasteiger partial charge in [0.25, 0.3) is 0 Å². The summed E-state index contributed by atoms with van der Waals surface area (Å²) in [5.41, 5.74) is 0.982. The van der Waals surface area contributed by atoms with Crippen molar-refractivity contribution >= 4 is 5.91 Å². The number of aryl methyl sites for hydroxylation is 1. The first-order chi connectivity index (χ1) is 11.7. The Bertz CT molecular complexity index is 658. The second-order valence-electron chi connectivity index (χ2n) is 6.15. The van der Waals surface area contributed by atoms with Crippen molar-refractivity contribution in [2.45, 2.75) is 51.7 Å². The average Bonchev–Trinajstić information content (AvgIpc) is 3.18. The first kappa shape index (κ1) is 16.6. The first-order valence-corrected chi connectivity index (χ1v) is 8.46. The molecule has 3 heterocycles. The highest BCUT2D eigenvalue weighted by molar-refractivity contribution is 5.78. The van der Waals surface area contributed by atoms with E-state index in [1.54, 1.807) is 6.20 Å². The first-order valence-electron chi connectivity index (χ1n) is 8.46. The Kier molecular flexibility index (Phi) is 5.53. The lowest BCUT2D eigenvalue weighted by atomic mass is 10.2. The highest BCUT2D eigenvalue weighted by atomic mass is 16.5. The second kappa shape index (κ2) is 8.01. The maximum absolute atomic E-state index is 11.4. The van der Waals surface area contributed by atoms with E-state index >= 15 is 0 Å². The number of aromatic nitrogens is 3. The summed E-state index contributed by atoms with van der Waals surface area (Å²) < 4.78 is 5.36. The summed E-state index contributed by atoms with van der Waals surface area (Å²) in [7, 11) is 0. The van der Waals surface area contributed by atoms with Crippen molar-refractivity contribution in [3.05, 3.63) is 41.8 Å². The molecule has 0 aromatic carbocycles. The van der Waals surface area contributed by atoms with Gasteiger partial charge < -0.3 is 9.84 Å². The summed E-state index contributed by atoms with van der Waals surface area (Å²) >= 11 is 0. The fourth-order valence-electron chi connectivity index (χ4n) is 2.90. The van der Waals surface area contributed by atoms with E-state index in [-0.39, 0.29) is 11.9 Å². The molecule has 7 heteroatoms. The van der Waals surface area contributed by atoms with Gasteiger partial charge in [-0.05, 0) is 25.0 Å². The molecule has 1 saturated heterocycles. The number of nitrogens with one attached hydrogen (secondary N) is 1. The molecule has 0 unspecified atom stereocenters. The lowest BCUT2D eigenvalue weighted by Gasteiger charge is -2.23. The molecule has 1 aliphatic heterocycles. The molecule has 1 amide bonds. The quantitative estimate of drug-likeness (QED) is 0.793. The van der Waals surface area contributed by atoms with Crippen molar-refractivity contribution in [1.82, 2.24) is 25.3 Å². The Morgan fingerprint density at radius 3 is 3.00 bits per heavy atom. The average molecular weight is 329 g/mol. The third-order valence-electron chi connectivity index (χ3n) is 4.02. The molecule has 0 radical (unpaired) electrons. The summed E-state index contributed by atoms with van der Waals surface area (Å²) in [5, 5.41) is 7.03. The number of amides is 1. The molecule has 7 nitrogen and oxygen atoms in total. The van der Waals surface area contributed by atoms with Gasteiger partial charge in [-0.15, -0.1) is 0 Å². The minimum absolute atomic E-state index is 0.126. The van der Waals surface area contributed by atoms with Crippen molar-refractivity contribution in [1.29, 1.82) is 0 Å². The lowest BCUT2D eigenvalue weighted by Crippen LogP contribution is -2.38. The van der Waals surface area contributed by atoms with Gasteiger partial charge in [-0.2, -0.15) is 4.98 Å². The summed E-state index contributed by atoms with van der Waals surface area (Å²) in [4.78, 5) is 22.5. The van der Waals surface area contributed by atoms with Gasteiger partial charge in [-0.3, -0.25) is 14.7 Å². The predicted octanol–water partition coefficient (Wildman–Crippen LogP) is 1.70. The zero-order chi connectivity index (χ0) is 16.8. The molecule has 3 rings (SSSR count). The molecule has 1 atom stereocenters. The van der Waals surface area contributed by atoms with Crippen LogP contribution in [0.15, 0.2) is 28.9 Å². The Hall–Kier alpha value is -2.28. The molecular formula is C17H23N5O2. The van der Waals surface area contributed by atoms with Crippen molar-refractivity contribution in [2.24, 2.45) is 0 Å². The Balaban J connectivity index is 1.66. The monoisotopic (exact) mass is 329 g/mol. The SMILES string of the molecule is CCCc1noc(CN(Cc2ccccn2)C[C@@H]2CCC(=O)N2)n1. The van der Waals surface area contributed by atoms with E-state index in [9.17, 15) is 4.79 Å². The van der Waals surface area contributed by atoms with Gasteiger partial charge in [-0.25, -0.2) is 0 Å². The Morgan fingerprint density at radius 1 is 1.38 bits per heavy atom. The van der Waals surface area contributed by atoms with Crippen LogP contribution in [0.25, 0.3) is 0 Å². The Labute approximate surface area is 141 Å². The van der Waals surface area contributed by atoms with Gasteiger partial charge in [0.2, 0.25) is 11.8 Å². The van der Waals surface area contributed by atoms with Crippen molar-refractivity contribution < 1.29 is 9.32 Å². The minimum Gasteiger partial charge on any atom is -0.352 e. The molecule has 0 saturated carbocycles. The van der Waals surface area contributed by atoms with Gasteiger partial charge in [-0.1, -0.05) is 18.1 Å². The number of pyridine rings is 1. The standard InChI is InChI=1S/C17H23N5O2/c1-2-5-15-20-17(24-21-15)12-22(10-13-6-3-4-9-18-13)11-14-7-8-16(23)19-14/h3-4,6,9,14H,2,5,7-8,10-12H2,1H3,(H,19,23)/t14-/m0/s1. The van der Waals surface area contributed by atoms with E-state index in [0.717, 1.165) is 37.3 Å². The predicted molar refractivity (Wildman–Crippen MR) is 87.8 cm³/mol. The third-order valence-corrected chi connectivity index (χ3v) is 4.02. The normalized spacial score (nSPS) is 17.4. The van der Waals surface area contributed by atoms with E-state index in [2.05, 4.69) is 32.3 Å². The minimum atomic E-state index is 0.126. The summed E-state index contributed by atoms with van der Waals surface area (Å²) in [5.74, 6) is 1.49. The zero-order valence-corrected chi connectivity index (χ0v) is 13.9. The molecular weight excluding hydrogens is 306 g/mol. The van der Waals surface area contributed by atoms with Gasteiger partial charge in [0, 0.05) is 38.2 Å². The second-order valence-corrected chi connectivity index (χ2v) is 6.15. The zero-order valence-electron chi connectivity index (χ0n) is 13.9.